The Morgan fingerprint density at radius 1 is 1.20 bits per heavy atom. The summed E-state index contributed by atoms with van der Waals surface area (Å²) in [5.74, 6) is -0.135. The van der Waals surface area contributed by atoms with Gasteiger partial charge in [0.15, 0.2) is 5.11 Å². The fourth-order valence-electron chi connectivity index (χ4n) is 2.82. The number of anilines is 2. The van der Waals surface area contributed by atoms with E-state index < -0.39 is 5.97 Å². The van der Waals surface area contributed by atoms with Crippen LogP contribution in [0.5, 0.6) is 5.75 Å². The van der Waals surface area contributed by atoms with E-state index in [1.165, 1.54) is 25.6 Å². The topological polar surface area (TPSA) is 79.9 Å². The number of ether oxygens (including phenoxy) is 2. The van der Waals surface area contributed by atoms with Crippen LogP contribution in [-0.2, 0) is 4.74 Å². The van der Waals surface area contributed by atoms with Crippen molar-refractivity contribution >= 4 is 62.8 Å². The average molecular weight is 470 g/mol. The highest BCUT2D eigenvalue weighted by Gasteiger charge is 2.27. The van der Waals surface area contributed by atoms with E-state index in [9.17, 15) is 9.59 Å². The first kappa shape index (κ1) is 23.9. The molecule has 0 fully saturated rings. The number of amides is 1. The molecule has 2 aromatic rings. The zero-order chi connectivity index (χ0) is 22.4. The fraction of sp³-hybridized carbons (Fsp3) is 0.350. The molecule has 0 aliphatic rings. The molecule has 162 valence electrons. The number of halogens is 1. The van der Waals surface area contributed by atoms with E-state index in [-0.39, 0.29) is 16.6 Å². The van der Waals surface area contributed by atoms with Crippen LogP contribution in [0.25, 0.3) is 0 Å². The monoisotopic (exact) mass is 469 g/mol. The minimum Gasteiger partial charge on any atom is -0.495 e. The average Bonchev–Trinajstić information content (AvgIpc) is 3.04. The first-order chi connectivity index (χ1) is 14.3. The Morgan fingerprint density at radius 2 is 1.87 bits per heavy atom. The SMILES string of the molecule is CCN(CC)C(=O)c1sc(NC(=S)Nc2ccc(OC)c(Cl)c2)c(C(=O)OC)c1C. The van der Waals surface area contributed by atoms with Crippen molar-refractivity contribution in [1.29, 1.82) is 0 Å². The predicted octanol–water partition coefficient (Wildman–Crippen LogP) is 4.80. The summed E-state index contributed by atoms with van der Waals surface area (Å²) in [5, 5.41) is 7.12. The number of rotatable bonds is 7. The van der Waals surface area contributed by atoms with Gasteiger partial charge < -0.3 is 25.0 Å². The summed E-state index contributed by atoms with van der Waals surface area (Å²) in [6, 6.07) is 5.14. The second kappa shape index (κ2) is 10.6. The van der Waals surface area contributed by atoms with Gasteiger partial charge in [-0.3, -0.25) is 4.79 Å². The second-order valence-corrected chi connectivity index (χ2v) is 7.99. The summed E-state index contributed by atoms with van der Waals surface area (Å²) in [7, 11) is 2.83. The molecule has 0 saturated heterocycles. The quantitative estimate of drug-likeness (QED) is 0.445. The number of nitrogens with zero attached hydrogens (tertiary/aromatic N) is 1. The Morgan fingerprint density at radius 3 is 2.40 bits per heavy atom. The van der Waals surface area contributed by atoms with Crippen molar-refractivity contribution < 1.29 is 19.1 Å². The zero-order valence-corrected chi connectivity index (χ0v) is 19.8. The molecular weight excluding hydrogens is 446 g/mol. The molecule has 7 nitrogen and oxygen atoms in total. The number of hydrogen-bond acceptors (Lipinski definition) is 6. The minimum atomic E-state index is -0.542. The molecule has 10 heteroatoms. The Hall–Kier alpha value is -2.36. The number of esters is 1. The molecule has 0 unspecified atom stereocenters. The number of carbonyl (C=O) groups is 2. The largest absolute Gasteiger partial charge is 0.495 e. The predicted molar refractivity (Wildman–Crippen MR) is 125 cm³/mol. The zero-order valence-electron chi connectivity index (χ0n) is 17.4. The van der Waals surface area contributed by atoms with Gasteiger partial charge in [-0.05, 0) is 56.8 Å². The van der Waals surface area contributed by atoms with Crippen molar-refractivity contribution in [2.45, 2.75) is 20.8 Å². The number of benzene rings is 1. The number of carbonyl (C=O) groups excluding carboxylic acids is 2. The van der Waals surface area contributed by atoms with E-state index in [1.54, 1.807) is 30.0 Å². The van der Waals surface area contributed by atoms with Crippen LogP contribution in [0.15, 0.2) is 18.2 Å². The summed E-state index contributed by atoms with van der Waals surface area (Å²) in [4.78, 5) is 27.4. The fourth-order valence-corrected chi connectivity index (χ4v) is 4.53. The molecule has 1 aromatic carbocycles. The molecule has 1 heterocycles. The van der Waals surface area contributed by atoms with E-state index in [1.807, 2.05) is 13.8 Å². The van der Waals surface area contributed by atoms with Gasteiger partial charge in [-0.1, -0.05) is 11.6 Å². The van der Waals surface area contributed by atoms with E-state index in [0.29, 0.717) is 45.0 Å². The van der Waals surface area contributed by atoms with Gasteiger partial charge in [0.2, 0.25) is 0 Å². The lowest BCUT2D eigenvalue weighted by atomic mass is 10.1. The number of thiocarbonyl (C=S) groups is 1. The van der Waals surface area contributed by atoms with Gasteiger partial charge in [-0.25, -0.2) is 4.79 Å². The number of thiophene rings is 1. The molecule has 0 bridgehead atoms. The van der Waals surface area contributed by atoms with Crippen LogP contribution >= 0.6 is 35.2 Å². The molecule has 1 amide bonds. The molecule has 30 heavy (non-hydrogen) atoms. The van der Waals surface area contributed by atoms with Crippen LogP contribution in [0.2, 0.25) is 5.02 Å². The van der Waals surface area contributed by atoms with Gasteiger partial charge in [0.1, 0.15) is 10.8 Å². The third-order valence-corrected chi connectivity index (χ3v) is 6.11. The molecule has 2 N–H and O–H groups in total. The van der Waals surface area contributed by atoms with Crippen LogP contribution in [0.4, 0.5) is 10.7 Å². The van der Waals surface area contributed by atoms with Crippen molar-refractivity contribution in [2.24, 2.45) is 0 Å². The summed E-state index contributed by atoms with van der Waals surface area (Å²) in [6.07, 6.45) is 0. The summed E-state index contributed by atoms with van der Waals surface area (Å²) >= 11 is 12.7. The normalized spacial score (nSPS) is 10.3. The van der Waals surface area contributed by atoms with Gasteiger partial charge in [0, 0.05) is 18.8 Å². The summed E-state index contributed by atoms with van der Waals surface area (Å²) in [6.45, 7) is 6.68. The molecular formula is C20H24ClN3O4S2. The Labute approximate surface area is 190 Å². The van der Waals surface area contributed by atoms with Crippen LogP contribution < -0.4 is 15.4 Å². The maximum absolute atomic E-state index is 12.9. The van der Waals surface area contributed by atoms with Crippen molar-refractivity contribution in [3.8, 4) is 5.75 Å². The van der Waals surface area contributed by atoms with Crippen LogP contribution in [0, 0.1) is 6.92 Å². The van der Waals surface area contributed by atoms with Crippen LogP contribution in [-0.4, -0.2) is 49.2 Å². The maximum atomic E-state index is 12.9. The third-order valence-electron chi connectivity index (χ3n) is 4.42. The summed E-state index contributed by atoms with van der Waals surface area (Å²) < 4.78 is 10.1. The molecule has 2 rings (SSSR count). The number of nitrogens with one attached hydrogen (secondary N) is 2. The first-order valence-electron chi connectivity index (χ1n) is 9.19. The highest BCUT2D eigenvalue weighted by Crippen LogP contribution is 2.35. The van der Waals surface area contributed by atoms with E-state index in [0.717, 1.165) is 0 Å². The Balaban J connectivity index is 2.32. The lowest BCUT2D eigenvalue weighted by Crippen LogP contribution is -2.30. The molecule has 1 aromatic heterocycles. The standard InChI is InChI=1S/C20H24ClN3O4S2/c1-6-24(7-2)18(25)16-11(3)15(19(26)28-5)17(30-16)23-20(29)22-12-8-9-14(27-4)13(21)10-12/h8-10H,6-7H2,1-5H3,(H2,22,23,29). The van der Waals surface area contributed by atoms with Gasteiger partial charge in [-0.2, -0.15) is 0 Å². The van der Waals surface area contributed by atoms with Crippen molar-refractivity contribution in [1.82, 2.24) is 4.90 Å². The van der Waals surface area contributed by atoms with Gasteiger partial charge in [-0.15, -0.1) is 11.3 Å². The molecule has 0 aliphatic heterocycles. The highest BCUT2D eigenvalue weighted by atomic mass is 35.5. The smallest absolute Gasteiger partial charge is 0.341 e. The molecule has 0 spiro atoms. The lowest BCUT2D eigenvalue weighted by Gasteiger charge is -2.18. The van der Waals surface area contributed by atoms with Crippen molar-refractivity contribution in [3.63, 3.8) is 0 Å². The Bertz CT molecular complexity index is 958. The number of hydrogen-bond donors (Lipinski definition) is 2. The molecule has 0 aliphatic carbocycles. The third kappa shape index (κ3) is 5.21. The second-order valence-electron chi connectivity index (χ2n) is 6.16. The lowest BCUT2D eigenvalue weighted by molar-refractivity contribution is 0.0601. The highest BCUT2D eigenvalue weighted by molar-refractivity contribution is 7.80. The van der Waals surface area contributed by atoms with E-state index in [4.69, 9.17) is 33.3 Å². The van der Waals surface area contributed by atoms with E-state index in [2.05, 4.69) is 10.6 Å². The van der Waals surface area contributed by atoms with E-state index >= 15 is 0 Å². The first-order valence-corrected chi connectivity index (χ1v) is 10.8. The molecule has 0 radical (unpaired) electrons. The van der Waals surface area contributed by atoms with Crippen LogP contribution in [0.3, 0.4) is 0 Å². The van der Waals surface area contributed by atoms with Crippen molar-refractivity contribution in [3.05, 3.63) is 39.2 Å². The maximum Gasteiger partial charge on any atom is 0.341 e. The van der Waals surface area contributed by atoms with Gasteiger partial charge in [0.25, 0.3) is 5.91 Å². The van der Waals surface area contributed by atoms with Gasteiger partial charge >= 0.3 is 5.97 Å². The van der Waals surface area contributed by atoms with Crippen LogP contribution in [0.1, 0.15) is 39.4 Å². The molecule has 0 saturated carbocycles. The minimum absolute atomic E-state index is 0.137. The Kier molecular flexibility index (Phi) is 8.45. The molecule has 0 atom stereocenters. The number of methoxy groups -OCH3 is 2. The van der Waals surface area contributed by atoms with Crippen molar-refractivity contribution in [2.75, 3.05) is 37.9 Å². The van der Waals surface area contributed by atoms with Gasteiger partial charge in [0.05, 0.1) is 29.7 Å². The summed E-state index contributed by atoms with van der Waals surface area (Å²) in [5.41, 5.74) is 1.49.